The number of aliphatic imine (C=N–C) groups is 1. The third-order valence-electron chi connectivity index (χ3n) is 5.32. The molecule has 2 aliphatic rings. The van der Waals surface area contributed by atoms with Gasteiger partial charge in [-0.3, -0.25) is 9.89 Å². The number of ether oxygens (including phenoxy) is 1. The summed E-state index contributed by atoms with van der Waals surface area (Å²) in [5.74, 6) is 1.51. The van der Waals surface area contributed by atoms with Gasteiger partial charge in [0.25, 0.3) is 0 Å². The van der Waals surface area contributed by atoms with Crippen LogP contribution < -0.4 is 15.5 Å². The summed E-state index contributed by atoms with van der Waals surface area (Å²) in [6.45, 7) is 8.46. The number of benzene rings is 1. The number of hydrogen-bond acceptors (Lipinski definition) is 4. The van der Waals surface area contributed by atoms with E-state index in [2.05, 4.69) is 25.4 Å². The van der Waals surface area contributed by atoms with Gasteiger partial charge in [-0.25, -0.2) is 4.39 Å². The van der Waals surface area contributed by atoms with Crippen LogP contribution in [-0.4, -0.2) is 76.9 Å². The average Bonchev–Trinajstić information content (AvgIpc) is 3.55. The predicted molar refractivity (Wildman–Crippen MR) is 128 cm³/mol. The number of rotatable bonds is 10. The summed E-state index contributed by atoms with van der Waals surface area (Å²) in [5.41, 5.74) is 1.10. The first kappa shape index (κ1) is 24.1. The second-order valence-electron chi connectivity index (χ2n) is 7.60. The maximum Gasteiger partial charge on any atom is 0.191 e. The third kappa shape index (κ3) is 9.04. The van der Waals surface area contributed by atoms with Crippen molar-refractivity contribution in [3.05, 3.63) is 30.1 Å². The smallest absolute Gasteiger partial charge is 0.191 e. The van der Waals surface area contributed by atoms with E-state index < -0.39 is 0 Å². The molecule has 1 saturated heterocycles. The third-order valence-corrected chi connectivity index (χ3v) is 5.32. The Balaban J connectivity index is 0.00000300. The molecule has 3 rings (SSSR count). The van der Waals surface area contributed by atoms with E-state index in [9.17, 15) is 4.39 Å². The Morgan fingerprint density at radius 3 is 2.45 bits per heavy atom. The first-order valence-electron chi connectivity index (χ1n) is 10.5. The van der Waals surface area contributed by atoms with Crippen molar-refractivity contribution in [2.24, 2.45) is 10.9 Å². The predicted octanol–water partition coefficient (Wildman–Crippen LogP) is 2.55. The lowest BCUT2D eigenvalue weighted by molar-refractivity contribution is 0.123. The molecule has 1 aliphatic heterocycles. The number of nitrogens with zero attached hydrogens (tertiary/aromatic N) is 3. The molecule has 2 N–H and O–H groups in total. The zero-order chi connectivity index (χ0) is 19.6. The molecule has 0 aromatic heterocycles. The van der Waals surface area contributed by atoms with Crippen LogP contribution in [0, 0.1) is 11.7 Å². The maximum atomic E-state index is 13.1. The van der Waals surface area contributed by atoms with Gasteiger partial charge in [0.1, 0.15) is 5.82 Å². The van der Waals surface area contributed by atoms with E-state index in [1.807, 2.05) is 12.1 Å². The van der Waals surface area contributed by atoms with Crippen LogP contribution in [0.25, 0.3) is 0 Å². The average molecular weight is 519 g/mol. The summed E-state index contributed by atoms with van der Waals surface area (Å²) in [5, 5.41) is 6.73. The second-order valence-corrected chi connectivity index (χ2v) is 7.60. The van der Waals surface area contributed by atoms with E-state index >= 15 is 0 Å². The lowest BCUT2D eigenvalue weighted by Gasteiger charge is -2.36. The molecule has 1 aromatic carbocycles. The highest BCUT2D eigenvalue weighted by molar-refractivity contribution is 14.0. The molecular weight excluding hydrogens is 484 g/mol. The summed E-state index contributed by atoms with van der Waals surface area (Å²) in [6, 6.07) is 6.78. The topological polar surface area (TPSA) is 52.1 Å². The molecular formula is C21H35FIN5O. The Bertz CT molecular complexity index is 604. The Morgan fingerprint density at radius 1 is 1.10 bits per heavy atom. The Hall–Kier alpha value is -1.13. The van der Waals surface area contributed by atoms with E-state index in [4.69, 9.17) is 4.74 Å². The van der Waals surface area contributed by atoms with Gasteiger partial charge in [0.05, 0.1) is 0 Å². The molecule has 0 bridgehead atoms. The largest absolute Gasteiger partial charge is 0.381 e. The Morgan fingerprint density at radius 2 is 1.79 bits per heavy atom. The minimum Gasteiger partial charge on any atom is -0.381 e. The fourth-order valence-electron chi connectivity index (χ4n) is 3.35. The maximum absolute atomic E-state index is 13.1. The highest BCUT2D eigenvalue weighted by Crippen LogP contribution is 2.28. The molecule has 0 radical (unpaired) electrons. The molecule has 6 nitrogen and oxygen atoms in total. The van der Waals surface area contributed by atoms with Crippen molar-refractivity contribution in [1.29, 1.82) is 0 Å². The van der Waals surface area contributed by atoms with Crippen LogP contribution in [0.4, 0.5) is 10.1 Å². The summed E-state index contributed by atoms with van der Waals surface area (Å²) < 4.78 is 18.7. The highest BCUT2D eigenvalue weighted by atomic mass is 127. The van der Waals surface area contributed by atoms with Gasteiger partial charge in [0.2, 0.25) is 0 Å². The van der Waals surface area contributed by atoms with Crippen LogP contribution in [-0.2, 0) is 4.74 Å². The summed E-state index contributed by atoms with van der Waals surface area (Å²) in [4.78, 5) is 9.05. The van der Waals surface area contributed by atoms with E-state index in [1.54, 1.807) is 7.05 Å². The van der Waals surface area contributed by atoms with E-state index in [1.165, 1.54) is 25.0 Å². The Kier molecular flexibility index (Phi) is 11.0. The molecule has 0 spiro atoms. The van der Waals surface area contributed by atoms with Gasteiger partial charge in [0, 0.05) is 71.8 Å². The molecule has 164 valence electrons. The minimum absolute atomic E-state index is 0. The van der Waals surface area contributed by atoms with Crippen molar-refractivity contribution in [3.8, 4) is 0 Å². The molecule has 0 unspecified atom stereocenters. The molecule has 2 fully saturated rings. The zero-order valence-electron chi connectivity index (χ0n) is 17.4. The Labute approximate surface area is 191 Å². The first-order valence-corrected chi connectivity index (χ1v) is 10.5. The van der Waals surface area contributed by atoms with Gasteiger partial charge in [-0.2, -0.15) is 0 Å². The monoisotopic (exact) mass is 519 g/mol. The summed E-state index contributed by atoms with van der Waals surface area (Å²) >= 11 is 0. The van der Waals surface area contributed by atoms with Crippen LogP contribution in [0.1, 0.15) is 19.3 Å². The normalized spacial score (nSPS) is 17.7. The lowest BCUT2D eigenvalue weighted by Crippen LogP contribution is -2.49. The molecule has 0 atom stereocenters. The number of nitrogens with one attached hydrogen (secondary N) is 2. The van der Waals surface area contributed by atoms with E-state index in [-0.39, 0.29) is 29.8 Å². The highest BCUT2D eigenvalue weighted by Gasteiger charge is 2.20. The van der Waals surface area contributed by atoms with Gasteiger partial charge in [-0.1, -0.05) is 0 Å². The number of anilines is 1. The van der Waals surface area contributed by atoms with E-state index in [0.717, 1.165) is 83.0 Å². The van der Waals surface area contributed by atoms with Crippen molar-refractivity contribution in [1.82, 2.24) is 15.5 Å². The summed E-state index contributed by atoms with van der Waals surface area (Å²) in [6.07, 6.45) is 3.69. The van der Waals surface area contributed by atoms with Gasteiger partial charge in [-0.15, -0.1) is 24.0 Å². The van der Waals surface area contributed by atoms with E-state index in [0.29, 0.717) is 0 Å². The van der Waals surface area contributed by atoms with Crippen molar-refractivity contribution >= 4 is 35.6 Å². The van der Waals surface area contributed by atoms with Crippen molar-refractivity contribution in [2.75, 3.05) is 71.0 Å². The first-order chi connectivity index (χ1) is 13.7. The van der Waals surface area contributed by atoms with Gasteiger partial charge in [-0.05, 0) is 49.4 Å². The minimum atomic E-state index is -0.179. The number of piperazine rings is 1. The summed E-state index contributed by atoms with van der Waals surface area (Å²) in [7, 11) is 1.81. The number of hydrogen-bond donors (Lipinski definition) is 2. The van der Waals surface area contributed by atoms with Gasteiger partial charge < -0.3 is 20.3 Å². The molecule has 8 heteroatoms. The molecule has 1 aliphatic carbocycles. The lowest BCUT2D eigenvalue weighted by atomic mass is 10.2. The van der Waals surface area contributed by atoms with Gasteiger partial charge in [0.15, 0.2) is 5.96 Å². The fraction of sp³-hybridized carbons (Fsp3) is 0.667. The van der Waals surface area contributed by atoms with Crippen molar-refractivity contribution in [3.63, 3.8) is 0 Å². The SMILES string of the molecule is CN=C(NCCCOCC1CC1)NCCN1CCN(c2ccc(F)cc2)CC1.I. The zero-order valence-corrected chi connectivity index (χ0v) is 19.7. The molecule has 1 aromatic rings. The molecule has 0 amide bonds. The number of guanidine groups is 1. The van der Waals surface area contributed by atoms with Crippen molar-refractivity contribution in [2.45, 2.75) is 19.3 Å². The molecule has 1 heterocycles. The standard InChI is InChI=1S/C21H34FN5O.HI/c1-23-21(24-9-2-16-28-17-18-3-4-18)25-10-11-26-12-14-27(15-13-26)20-7-5-19(22)6-8-20;/h5-8,18H,2-4,9-17H2,1H3,(H2,23,24,25);1H. The van der Waals surface area contributed by atoms with Crippen LogP contribution in [0.2, 0.25) is 0 Å². The fourth-order valence-corrected chi connectivity index (χ4v) is 3.35. The van der Waals surface area contributed by atoms with Crippen LogP contribution >= 0.6 is 24.0 Å². The second kappa shape index (κ2) is 13.2. The quantitative estimate of drug-likeness (QED) is 0.216. The van der Waals surface area contributed by atoms with Gasteiger partial charge >= 0.3 is 0 Å². The van der Waals surface area contributed by atoms with Crippen LogP contribution in [0.3, 0.4) is 0 Å². The van der Waals surface area contributed by atoms with Crippen molar-refractivity contribution < 1.29 is 9.13 Å². The molecule has 1 saturated carbocycles. The molecule has 29 heavy (non-hydrogen) atoms. The van der Waals surface area contributed by atoms with Crippen LogP contribution in [0.5, 0.6) is 0 Å². The van der Waals surface area contributed by atoms with Crippen LogP contribution in [0.15, 0.2) is 29.3 Å². The number of halogens is 2.